The number of ether oxygens (including phenoxy) is 3. The third-order valence-corrected chi connectivity index (χ3v) is 13.6. The maximum Gasteiger partial charge on any atom is 0.322 e. The number of benzene rings is 4. The van der Waals surface area contributed by atoms with Gasteiger partial charge in [-0.1, -0.05) is 48.9 Å². The Morgan fingerprint density at radius 2 is 1.66 bits per heavy atom. The van der Waals surface area contributed by atoms with Crippen LogP contribution in [-0.4, -0.2) is 66.5 Å². The molecule has 0 radical (unpaired) electrons. The van der Waals surface area contributed by atoms with Crippen LogP contribution in [0, 0.1) is 5.41 Å². The van der Waals surface area contributed by atoms with E-state index in [1.165, 1.54) is 16.9 Å². The van der Waals surface area contributed by atoms with E-state index in [2.05, 4.69) is 31.3 Å². The van der Waals surface area contributed by atoms with E-state index in [0.29, 0.717) is 71.9 Å². The number of carbonyl (C=O) groups is 2. The predicted molar refractivity (Wildman–Crippen MR) is 231 cm³/mol. The minimum atomic E-state index is -1.35. The van der Waals surface area contributed by atoms with Gasteiger partial charge in [-0.25, -0.2) is 4.79 Å². The van der Waals surface area contributed by atoms with Gasteiger partial charge in [-0.2, -0.15) is 0 Å². The number of thiophene rings is 1. The molecule has 1 fully saturated rings. The van der Waals surface area contributed by atoms with Crippen LogP contribution in [0.4, 0.5) is 10.5 Å². The van der Waals surface area contributed by atoms with Gasteiger partial charge in [0.15, 0.2) is 0 Å². The second kappa shape index (κ2) is 17.4. The molecule has 0 unspecified atom stereocenters. The molecule has 1 saturated carbocycles. The zero-order chi connectivity index (χ0) is 41.0. The van der Waals surface area contributed by atoms with Gasteiger partial charge in [-0.3, -0.25) is 4.79 Å². The van der Waals surface area contributed by atoms with Crippen LogP contribution in [-0.2, 0) is 13.0 Å². The minimum Gasteiger partial charge on any atom is -0.497 e. The molecule has 2 bridgehead atoms. The van der Waals surface area contributed by atoms with Crippen molar-refractivity contribution in [1.29, 1.82) is 0 Å². The maximum absolute atomic E-state index is 14.7. The van der Waals surface area contributed by atoms with E-state index >= 15 is 0 Å². The zero-order valence-electron chi connectivity index (χ0n) is 34.0. The molecule has 4 atom stereocenters. The number of rotatable bonds is 10. The molecular formula is C48H54N2O7S. The first-order valence-electron chi connectivity index (χ1n) is 20.1. The first-order chi connectivity index (χ1) is 27.9. The van der Waals surface area contributed by atoms with Crippen LogP contribution in [0.1, 0.15) is 90.2 Å². The smallest absolute Gasteiger partial charge is 0.322 e. The number of aliphatic hydroxyl groups excluding tert-OH is 1. The number of ketones is 1. The SMILES string of the molecule is COc1ccc(NC(=O)N(Cc2ccc(OC)cc2OC)C[C@]2(O)CC[C@H]3c4ccc(cc4C(=O)c4cc5ccccc5s4)C[C@@H](O)CCC(C)=CCC[C@@]32C)cc1. The Balaban J connectivity index is 1.30. The van der Waals surface area contributed by atoms with Gasteiger partial charge in [-0.05, 0) is 129 Å². The quantitative estimate of drug-likeness (QED) is 0.0951. The Labute approximate surface area is 345 Å². The summed E-state index contributed by atoms with van der Waals surface area (Å²) in [5.41, 5.74) is 2.85. The fourth-order valence-electron chi connectivity index (χ4n) is 9.00. The number of urea groups is 1. The summed E-state index contributed by atoms with van der Waals surface area (Å²) in [5, 5.41) is 28.4. The number of fused-ring (bicyclic) bond motifs is 9. The van der Waals surface area contributed by atoms with Crippen LogP contribution < -0.4 is 19.5 Å². The lowest BCUT2D eigenvalue weighted by Gasteiger charge is -2.46. The highest BCUT2D eigenvalue weighted by molar-refractivity contribution is 7.21. The van der Waals surface area contributed by atoms with Crippen molar-refractivity contribution in [3.05, 3.63) is 130 Å². The van der Waals surface area contributed by atoms with Crippen molar-refractivity contribution in [2.24, 2.45) is 5.41 Å². The number of hydrogen-bond donors (Lipinski definition) is 3. The highest BCUT2D eigenvalue weighted by Crippen LogP contribution is 2.59. The number of nitrogens with zero attached hydrogens (tertiary/aromatic N) is 1. The van der Waals surface area contributed by atoms with Crippen molar-refractivity contribution in [1.82, 2.24) is 4.90 Å². The Kier molecular flexibility index (Phi) is 12.3. The highest BCUT2D eigenvalue weighted by Gasteiger charge is 2.57. The van der Waals surface area contributed by atoms with Gasteiger partial charge < -0.3 is 34.6 Å². The zero-order valence-corrected chi connectivity index (χ0v) is 34.9. The summed E-state index contributed by atoms with van der Waals surface area (Å²) >= 11 is 1.49. The molecule has 0 spiro atoms. The van der Waals surface area contributed by atoms with Crippen molar-refractivity contribution in [2.75, 3.05) is 33.2 Å². The third-order valence-electron chi connectivity index (χ3n) is 12.5. The van der Waals surface area contributed by atoms with E-state index in [1.807, 2.05) is 54.6 Å². The summed E-state index contributed by atoms with van der Waals surface area (Å²) in [7, 11) is 4.78. The van der Waals surface area contributed by atoms with E-state index in [-0.39, 0.29) is 30.8 Å². The summed E-state index contributed by atoms with van der Waals surface area (Å²) < 4.78 is 17.6. The van der Waals surface area contributed by atoms with Crippen molar-refractivity contribution in [3.63, 3.8) is 0 Å². The molecule has 58 heavy (non-hydrogen) atoms. The molecule has 0 saturated heterocycles. The van der Waals surface area contributed by atoms with E-state index in [0.717, 1.165) is 33.2 Å². The summed E-state index contributed by atoms with van der Waals surface area (Å²) in [4.78, 5) is 31.5. The van der Waals surface area contributed by atoms with Gasteiger partial charge in [0.1, 0.15) is 17.2 Å². The number of nitrogens with one attached hydrogen (secondary N) is 1. The highest BCUT2D eigenvalue weighted by atomic mass is 32.1. The number of carbonyl (C=O) groups excluding carboxylic acids is 2. The normalized spacial score (nSPS) is 22.1. The Hall–Kier alpha value is -5.16. The van der Waals surface area contributed by atoms with Gasteiger partial charge in [0.2, 0.25) is 5.78 Å². The Morgan fingerprint density at radius 1 is 0.897 bits per heavy atom. The van der Waals surface area contributed by atoms with Gasteiger partial charge >= 0.3 is 6.03 Å². The summed E-state index contributed by atoms with van der Waals surface area (Å²) in [6, 6.07) is 28.3. The van der Waals surface area contributed by atoms with Crippen molar-refractivity contribution >= 4 is 38.9 Å². The van der Waals surface area contributed by atoms with Gasteiger partial charge in [0, 0.05) is 33.0 Å². The lowest BCUT2D eigenvalue weighted by atomic mass is 9.64. The molecule has 10 heteroatoms. The number of methoxy groups -OCH3 is 3. The van der Waals surface area contributed by atoms with Crippen LogP contribution in [0.5, 0.6) is 17.2 Å². The van der Waals surface area contributed by atoms with Gasteiger partial charge in [-0.15, -0.1) is 11.3 Å². The lowest BCUT2D eigenvalue weighted by Crippen LogP contribution is -2.54. The van der Waals surface area contributed by atoms with E-state index in [1.54, 1.807) is 56.6 Å². The third kappa shape index (κ3) is 8.51. The second-order valence-electron chi connectivity index (χ2n) is 16.1. The molecule has 3 N–H and O–H groups in total. The van der Waals surface area contributed by atoms with Gasteiger partial charge in [0.25, 0.3) is 0 Å². The van der Waals surface area contributed by atoms with Crippen LogP contribution >= 0.6 is 11.3 Å². The van der Waals surface area contributed by atoms with Crippen molar-refractivity contribution < 1.29 is 34.0 Å². The van der Waals surface area contributed by atoms with E-state index in [9.17, 15) is 19.8 Å². The molecule has 1 heterocycles. The molecule has 0 aliphatic heterocycles. The number of aliphatic hydroxyl groups is 2. The van der Waals surface area contributed by atoms with Crippen LogP contribution in [0.3, 0.4) is 0 Å². The Morgan fingerprint density at radius 3 is 2.40 bits per heavy atom. The van der Waals surface area contributed by atoms with E-state index < -0.39 is 17.1 Å². The first kappa shape index (κ1) is 41.0. The average Bonchev–Trinajstić information content (AvgIpc) is 3.77. The number of hydrogen-bond acceptors (Lipinski definition) is 8. The van der Waals surface area contributed by atoms with Crippen LogP contribution in [0.15, 0.2) is 103 Å². The number of anilines is 1. The van der Waals surface area contributed by atoms with Gasteiger partial charge in [0.05, 0.1) is 51.0 Å². The molecule has 304 valence electrons. The molecule has 8 rings (SSSR count). The standard InChI is InChI=1S/C48H54N2O7S/c1-31-9-8-23-47(2)41(39-21-13-32(25-36(51)17-12-31)26-40(39)45(52)44-27-33-10-6-7-11-43(33)58-44)22-24-48(47,54)30-50(29-34-14-18-38(56-4)28-42(34)57-5)46(53)49-35-15-19-37(55-3)20-16-35/h6-7,9-11,13-16,18-21,26-28,36,41,51,54H,8,12,17,22-25,29-30H2,1-5H3,(H,49,53)/t36-,41-,47-,48+/m0/s1. The molecule has 2 amide bonds. The molecule has 1 aromatic heterocycles. The summed E-state index contributed by atoms with van der Waals surface area (Å²) in [5.74, 6) is 1.61. The molecule has 3 aliphatic carbocycles. The van der Waals surface area contributed by atoms with Crippen LogP contribution in [0.25, 0.3) is 10.1 Å². The molecular weight excluding hydrogens is 749 g/mol. The van der Waals surface area contributed by atoms with Crippen molar-refractivity contribution in [2.45, 2.75) is 83.0 Å². The number of amides is 2. The van der Waals surface area contributed by atoms with Crippen molar-refractivity contribution in [3.8, 4) is 17.2 Å². The molecule has 5 aromatic rings. The Bertz CT molecular complexity index is 2270. The average molecular weight is 803 g/mol. The minimum absolute atomic E-state index is 0.0315. The topological polar surface area (TPSA) is 118 Å². The monoisotopic (exact) mass is 802 g/mol. The molecule has 3 aliphatic rings. The lowest BCUT2D eigenvalue weighted by molar-refractivity contribution is -0.0773. The van der Waals surface area contributed by atoms with E-state index in [4.69, 9.17) is 14.2 Å². The molecule has 9 nitrogen and oxygen atoms in total. The largest absolute Gasteiger partial charge is 0.497 e. The first-order valence-corrected chi connectivity index (χ1v) is 20.9. The fraction of sp³-hybridized carbons (Fsp3) is 0.375. The summed E-state index contributed by atoms with van der Waals surface area (Å²) in [6.45, 7) is 4.43. The summed E-state index contributed by atoms with van der Waals surface area (Å²) in [6.07, 6.45) is 5.84. The fourth-order valence-corrected chi connectivity index (χ4v) is 10.0. The maximum atomic E-state index is 14.7. The second-order valence-corrected chi connectivity index (χ2v) is 17.2. The van der Waals surface area contributed by atoms with Crippen LogP contribution in [0.2, 0.25) is 0 Å². The molecule has 4 aromatic carbocycles. The number of allylic oxidation sites excluding steroid dienone is 2. The predicted octanol–water partition coefficient (Wildman–Crippen LogP) is 9.93.